The van der Waals surface area contributed by atoms with Crippen molar-refractivity contribution in [2.75, 3.05) is 19.8 Å². The summed E-state index contributed by atoms with van der Waals surface area (Å²) in [6.07, 6.45) is -0.946. The largest absolute Gasteiger partial charge is 0.441 e. The van der Waals surface area contributed by atoms with Gasteiger partial charge in [-0.15, -0.1) is 0 Å². The molecule has 2 aromatic carbocycles. The Morgan fingerprint density at radius 1 is 1.04 bits per heavy atom. The molecule has 4 rings (SSSR count). The van der Waals surface area contributed by atoms with Gasteiger partial charge in [-0.2, -0.15) is 0 Å². The molecule has 0 spiro atoms. The highest BCUT2D eigenvalue weighted by Crippen LogP contribution is 2.40. The molecule has 5 atom stereocenters. The number of halogens is 1. The average Bonchev–Trinajstić information content (AvgIpc) is 3.28. The first-order valence-electron chi connectivity index (χ1n) is 15.6. The van der Waals surface area contributed by atoms with E-state index in [-0.39, 0.29) is 43.1 Å². The van der Waals surface area contributed by atoms with E-state index in [1.807, 2.05) is 74.5 Å². The Balaban J connectivity index is 1.45. The maximum atomic E-state index is 14.3. The molecule has 0 unspecified atom stereocenters. The topological polar surface area (TPSA) is 132 Å². The number of carbonyl (C=O) groups is 3. The quantitative estimate of drug-likeness (QED) is 0.248. The van der Waals surface area contributed by atoms with E-state index in [2.05, 4.69) is 15.9 Å². The number of benzene rings is 2. The fraction of sp³-hybridized carbons (Fsp3) is 0.514. The Morgan fingerprint density at radius 3 is 2.28 bits per heavy atom. The lowest BCUT2D eigenvalue weighted by atomic mass is 9.85. The first-order valence-corrected chi connectivity index (χ1v) is 16.4. The maximum absolute atomic E-state index is 14.3. The summed E-state index contributed by atoms with van der Waals surface area (Å²) in [4.78, 5) is 41.9. The van der Waals surface area contributed by atoms with Gasteiger partial charge in [0, 0.05) is 13.0 Å². The van der Waals surface area contributed by atoms with E-state index in [4.69, 9.17) is 18.9 Å². The third-order valence-corrected chi connectivity index (χ3v) is 9.12. The van der Waals surface area contributed by atoms with Crippen molar-refractivity contribution in [2.24, 2.45) is 11.8 Å². The molecule has 2 aromatic rings. The second kappa shape index (κ2) is 15.8. The van der Waals surface area contributed by atoms with Crippen LogP contribution < -0.4 is 0 Å². The number of aliphatic hydroxyl groups is 2. The summed E-state index contributed by atoms with van der Waals surface area (Å²) in [5.74, 6) is -4.26. The molecule has 1 saturated heterocycles. The lowest BCUT2D eigenvalue weighted by Gasteiger charge is -2.39. The molecule has 0 radical (unpaired) electrons. The molecule has 1 fully saturated rings. The van der Waals surface area contributed by atoms with Gasteiger partial charge in [-0.1, -0.05) is 74.5 Å². The minimum atomic E-state index is -1.92. The summed E-state index contributed by atoms with van der Waals surface area (Å²) in [7, 11) is 0. The van der Waals surface area contributed by atoms with Gasteiger partial charge in [-0.05, 0) is 65.7 Å². The number of hydrogen-bond acceptors (Lipinski definition) is 9. The van der Waals surface area contributed by atoms with Crippen molar-refractivity contribution in [3.63, 3.8) is 0 Å². The molecule has 0 aliphatic carbocycles. The minimum absolute atomic E-state index is 0.0438. The van der Waals surface area contributed by atoms with E-state index in [9.17, 15) is 24.6 Å². The zero-order valence-corrected chi connectivity index (χ0v) is 28.4. The van der Waals surface area contributed by atoms with E-state index in [0.717, 1.165) is 16.0 Å². The molecule has 0 saturated carbocycles. The van der Waals surface area contributed by atoms with Gasteiger partial charge >= 0.3 is 6.09 Å². The highest BCUT2D eigenvalue weighted by atomic mass is 79.9. The van der Waals surface area contributed by atoms with Crippen LogP contribution in [0.25, 0.3) is 0 Å². The highest BCUT2D eigenvalue weighted by Gasteiger charge is 2.55. The molecule has 11 heteroatoms. The number of hydrogen-bond donors (Lipinski definition) is 2. The Hall–Kier alpha value is -2.93. The number of cyclic esters (lactones) is 1. The fourth-order valence-electron chi connectivity index (χ4n) is 6.13. The van der Waals surface area contributed by atoms with Crippen LogP contribution in [0.4, 0.5) is 4.79 Å². The zero-order valence-electron chi connectivity index (χ0n) is 26.8. The van der Waals surface area contributed by atoms with E-state index in [0.29, 0.717) is 13.0 Å². The Labute approximate surface area is 278 Å². The van der Waals surface area contributed by atoms with Crippen LogP contribution in [0, 0.1) is 11.8 Å². The third kappa shape index (κ3) is 8.70. The predicted octanol–water partition coefficient (Wildman–Crippen LogP) is 4.94. The first kappa shape index (κ1) is 35.9. The minimum Gasteiger partial charge on any atom is -0.441 e. The monoisotopic (exact) mass is 701 g/mol. The second-order valence-electron chi connectivity index (χ2n) is 12.7. The number of ketones is 1. The molecule has 0 bridgehead atoms. The van der Waals surface area contributed by atoms with Gasteiger partial charge in [0.05, 0.1) is 36.3 Å². The number of aliphatic hydroxyl groups excluding tert-OH is 1. The van der Waals surface area contributed by atoms with Crippen molar-refractivity contribution in [3.05, 3.63) is 82.3 Å². The standard InChI is InChI=1S/C35H44BrNO9/c1-23(2)31-34(3,4)46-33(41)37(31)32(40)27(18-24-12-7-5-8-13-24)30-28(39)19-29(36)35(42,45-30)16-11-17-43-22-26(20-38)44-21-25-14-9-6-10-15-25/h5-10,12-15,19,23,26-27,30-31,38,42H,11,16-18,20-22H2,1-4H3/t26-,27-,30-,31-,35+/m1/s1. The van der Waals surface area contributed by atoms with Gasteiger partial charge < -0.3 is 29.2 Å². The Morgan fingerprint density at radius 2 is 1.67 bits per heavy atom. The molecule has 46 heavy (non-hydrogen) atoms. The molecule has 2 aliphatic rings. The fourth-order valence-corrected chi connectivity index (χ4v) is 6.65. The summed E-state index contributed by atoms with van der Waals surface area (Å²) >= 11 is 3.30. The Kier molecular flexibility index (Phi) is 12.3. The van der Waals surface area contributed by atoms with Crippen LogP contribution in [-0.2, 0) is 41.6 Å². The van der Waals surface area contributed by atoms with Crippen LogP contribution in [0.15, 0.2) is 71.2 Å². The van der Waals surface area contributed by atoms with Crippen LogP contribution in [0.5, 0.6) is 0 Å². The lowest BCUT2D eigenvalue weighted by Crippen LogP contribution is -2.55. The molecule has 2 aliphatic heterocycles. The normalized spacial score (nSPS) is 24.1. The molecule has 2 N–H and O–H groups in total. The second-order valence-corrected chi connectivity index (χ2v) is 13.5. The van der Waals surface area contributed by atoms with Crippen LogP contribution in [0.3, 0.4) is 0 Å². The van der Waals surface area contributed by atoms with Crippen LogP contribution in [-0.4, -0.2) is 82.4 Å². The van der Waals surface area contributed by atoms with Gasteiger partial charge in [0.25, 0.3) is 0 Å². The van der Waals surface area contributed by atoms with Gasteiger partial charge in [0.15, 0.2) is 11.6 Å². The molecule has 0 aromatic heterocycles. The van der Waals surface area contributed by atoms with Gasteiger partial charge in [-0.25, -0.2) is 9.69 Å². The van der Waals surface area contributed by atoms with Gasteiger partial charge in [0.1, 0.15) is 17.8 Å². The number of imide groups is 1. The number of rotatable bonds is 15. The summed E-state index contributed by atoms with van der Waals surface area (Å²) in [5, 5.41) is 21.3. The van der Waals surface area contributed by atoms with Crippen LogP contribution in [0.1, 0.15) is 51.7 Å². The van der Waals surface area contributed by atoms with E-state index in [1.54, 1.807) is 13.8 Å². The molecule has 2 heterocycles. The third-order valence-electron chi connectivity index (χ3n) is 8.27. The summed E-state index contributed by atoms with van der Waals surface area (Å²) in [5.41, 5.74) is 0.817. The zero-order chi connectivity index (χ0) is 33.5. The molecule has 250 valence electrons. The number of carbonyl (C=O) groups excluding carboxylic acids is 3. The summed E-state index contributed by atoms with van der Waals surface area (Å²) in [6, 6.07) is 18.2. The van der Waals surface area contributed by atoms with Gasteiger partial charge in [-0.3, -0.25) is 9.59 Å². The number of nitrogens with zero attached hydrogens (tertiary/aromatic N) is 1. The van der Waals surface area contributed by atoms with Crippen LogP contribution in [0.2, 0.25) is 0 Å². The molecular formula is C35H44BrNO9. The maximum Gasteiger partial charge on any atom is 0.417 e. The van der Waals surface area contributed by atoms with Crippen molar-refractivity contribution in [1.82, 2.24) is 4.90 Å². The average molecular weight is 703 g/mol. The van der Waals surface area contributed by atoms with Crippen molar-refractivity contribution >= 4 is 33.7 Å². The molecular weight excluding hydrogens is 658 g/mol. The molecule has 10 nitrogen and oxygen atoms in total. The first-order chi connectivity index (χ1) is 21.9. The van der Waals surface area contributed by atoms with E-state index in [1.165, 1.54) is 6.08 Å². The van der Waals surface area contributed by atoms with Crippen LogP contribution >= 0.6 is 15.9 Å². The lowest BCUT2D eigenvalue weighted by molar-refractivity contribution is -0.219. The number of ether oxygens (including phenoxy) is 4. The van der Waals surface area contributed by atoms with Crippen molar-refractivity contribution in [2.45, 2.75) is 83.2 Å². The Bertz CT molecular complexity index is 1370. The summed E-state index contributed by atoms with van der Waals surface area (Å²) in [6.45, 7) is 7.81. The predicted molar refractivity (Wildman–Crippen MR) is 174 cm³/mol. The van der Waals surface area contributed by atoms with Crippen molar-refractivity contribution < 1.29 is 43.5 Å². The smallest absolute Gasteiger partial charge is 0.417 e. The van der Waals surface area contributed by atoms with E-state index < -0.39 is 53.3 Å². The molecule has 2 amide bonds. The summed E-state index contributed by atoms with van der Waals surface area (Å²) < 4.78 is 23.3. The SMILES string of the molecule is CC(C)[C@H]1N(C(=O)[C@H](Cc2ccccc2)[C@H]2O[C@@](O)(CCCOC[C@@H](CO)OCc3ccccc3)C(Br)=CC2=O)C(=O)OC1(C)C. The van der Waals surface area contributed by atoms with Crippen molar-refractivity contribution in [3.8, 4) is 0 Å². The van der Waals surface area contributed by atoms with Gasteiger partial charge in [0.2, 0.25) is 5.91 Å². The highest BCUT2D eigenvalue weighted by molar-refractivity contribution is 9.11. The van der Waals surface area contributed by atoms with E-state index >= 15 is 0 Å². The van der Waals surface area contributed by atoms with Crippen molar-refractivity contribution in [1.29, 1.82) is 0 Å². The number of amides is 2.